The van der Waals surface area contributed by atoms with Gasteiger partial charge in [0.15, 0.2) is 0 Å². The van der Waals surface area contributed by atoms with Crippen molar-refractivity contribution < 1.29 is 4.92 Å². The van der Waals surface area contributed by atoms with Crippen LogP contribution in [0, 0.1) is 10.1 Å². The van der Waals surface area contributed by atoms with Crippen molar-refractivity contribution in [3.8, 4) is 0 Å². The van der Waals surface area contributed by atoms with E-state index in [1.807, 2.05) is 0 Å². The van der Waals surface area contributed by atoms with E-state index in [4.69, 9.17) is 11.6 Å². The van der Waals surface area contributed by atoms with E-state index in [1.165, 1.54) is 29.0 Å². The molecule has 0 spiro atoms. The smallest absolute Gasteiger partial charge is 0.296 e. The number of aryl methyl sites for hydroxylation is 1. The molecule has 0 saturated carbocycles. The van der Waals surface area contributed by atoms with E-state index in [2.05, 4.69) is 4.98 Å². The summed E-state index contributed by atoms with van der Waals surface area (Å²) < 4.78 is 1.22. The maximum absolute atomic E-state index is 11.8. The van der Waals surface area contributed by atoms with Gasteiger partial charge in [0, 0.05) is 22.8 Å². The number of nitro groups is 1. The predicted octanol–water partition coefficient (Wildman–Crippen LogP) is 1.71. The molecule has 1 N–H and O–H groups in total. The molecule has 8 heteroatoms. The zero-order chi connectivity index (χ0) is 15.6. The summed E-state index contributed by atoms with van der Waals surface area (Å²) in [5, 5.41) is 11.3. The fourth-order valence-corrected chi connectivity index (χ4v) is 2.16. The van der Waals surface area contributed by atoms with Gasteiger partial charge in [0.05, 0.1) is 17.0 Å². The van der Waals surface area contributed by atoms with Crippen LogP contribution in [0.5, 0.6) is 0 Å². The minimum Gasteiger partial charge on any atom is -0.296 e. The standard InChI is InChI=1S/C13H12ClN3O4/c1-2-8-6-16(13(19)15-12(8)18)7-9-5-10(14)3-4-11(9)17(20)21/h3-6H,2,7H2,1H3,(H,15,18,19). The minimum absolute atomic E-state index is 0.0422. The molecule has 2 aromatic rings. The third-order valence-electron chi connectivity index (χ3n) is 3.04. The highest BCUT2D eigenvalue weighted by atomic mass is 35.5. The highest BCUT2D eigenvalue weighted by Crippen LogP contribution is 2.23. The zero-order valence-electron chi connectivity index (χ0n) is 11.1. The number of nitrogens with zero attached hydrogens (tertiary/aromatic N) is 2. The van der Waals surface area contributed by atoms with Crippen LogP contribution in [0.2, 0.25) is 5.02 Å². The van der Waals surface area contributed by atoms with Crippen LogP contribution in [0.25, 0.3) is 0 Å². The van der Waals surface area contributed by atoms with Crippen molar-refractivity contribution in [2.45, 2.75) is 19.9 Å². The lowest BCUT2D eigenvalue weighted by atomic mass is 10.1. The summed E-state index contributed by atoms with van der Waals surface area (Å²) in [6.07, 6.45) is 1.86. The Morgan fingerprint density at radius 3 is 2.67 bits per heavy atom. The largest absolute Gasteiger partial charge is 0.328 e. The molecule has 1 aromatic carbocycles. The molecular formula is C13H12ClN3O4. The van der Waals surface area contributed by atoms with Crippen molar-refractivity contribution in [3.63, 3.8) is 0 Å². The van der Waals surface area contributed by atoms with Gasteiger partial charge in [-0.25, -0.2) is 4.79 Å². The van der Waals surface area contributed by atoms with Crippen molar-refractivity contribution in [2.75, 3.05) is 0 Å². The minimum atomic E-state index is -0.619. The summed E-state index contributed by atoms with van der Waals surface area (Å²) in [6, 6.07) is 4.13. The summed E-state index contributed by atoms with van der Waals surface area (Å²) in [7, 11) is 0. The maximum atomic E-state index is 11.8. The summed E-state index contributed by atoms with van der Waals surface area (Å²) >= 11 is 5.84. The number of H-pyrrole nitrogens is 1. The Bertz CT molecular complexity index is 810. The van der Waals surface area contributed by atoms with E-state index in [1.54, 1.807) is 6.92 Å². The molecule has 0 unspecified atom stereocenters. The third-order valence-corrected chi connectivity index (χ3v) is 3.28. The third kappa shape index (κ3) is 3.19. The SMILES string of the molecule is CCc1cn(Cc2cc(Cl)ccc2[N+](=O)[O-])c(=O)[nH]c1=O. The molecule has 0 amide bonds. The molecule has 0 saturated heterocycles. The van der Waals surface area contributed by atoms with Gasteiger partial charge in [0.2, 0.25) is 0 Å². The van der Waals surface area contributed by atoms with Gasteiger partial charge in [-0.1, -0.05) is 18.5 Å². The van der Waals surface area contributed by atoms with Gasteiger partial charge in [0.25, 0.3) is 11.2 Å². The van der Waals surface area contributed by atoms with Crippen molar-refractivity contribution in [1.82, 2.24) is 9.55 Å². The monoisotopic (exact) mass is 309 g/mol. The van der Waals surface area contributed by atoms with Crippen LogP contribution in [0.1, 0.15) is 18.1 Å². The molecule has 7 nitrogen and oxygen atoms in total. The van der Waals surface area contributed by atoms with Gasteiger partial charge in [-0.05, 0) is 18.6 Å². The van der Waals surface area contributed by atoms with Gasteiger partial charge < -0.3 is 0 Å². The predicted molar refractivity (Wildman–Crippen MR) is 77.9 cm³/mol. The van der Waals surface area contributed by atoms with Crippen LogP contribution in [0.15, 0.2) is 34.0 Å². The first-order chi connectivity index (χ1) is 9.92. The number of hydrogen-bond acceptors (Lipinski definition) is 4. The number of rotatable bonds is 4. The Morgan fingerprint density at radius 2 is 2.05 bits per heavy atom. The molecular weight excluding hydrogens is 298 g/mol. The highest BCUT2D eigenvalue weighted by Gasteiger charge is 2.15. The van der Waals surface area contributed by atoms with Gasteiger partial charge in [-0.3, -0.25) is 24.5 Å². The molecule has 1 aromatic heterocycles. The zero-order valence-corrected chi connectivity index (χ0v) is 11.9. The lowest BCUT2D eigenvalue weighted by Crippen LogP contribution is -2.32. The summed E-state index contributed by atoms with van der Waals surface area (Å²) in [4.78, 5) is 35.9. The van der Waals surface area contributed by atoms with Crippen LogP contribution in [-0.4, -0.2) is 14.5 Å². The molecule has 0 aliphatic carbocycles. The Morgan fingerprint density at radius 1 is 1.33 bits per heavy atom. The second-order valence-electron chi connectivity index (χ2n) is 4.43. The van der Waals surface area contributed by atoms with Gasteiger partial charge in [0.1, 0.15) is 0 Å². The molecule has 1 heterocycles. The van der Waals surface area contributed by atoms with Crippen LogP contribution < -0.4 is 11.2 Å². The van der Waals surface area contributed by atoms with Crippen molar-refractivity contribution in [1.29, 1.82) is 0 Å². The quantitative estimate of drug-likeness (QED) is 0.686. The van der Waals surface area contributed by atoms with E-state index in [0.717, 1.165) is 0 Å². The second kappa shape index (κ2) is 5.92. The number of nitrogens with one attached hydrogen (secondary N) is 1. The number of nitro benzene ring substituents is 1. The molecule has 0 aliphatic heterocycles. The summed E-state index contributed by atoms with van der Waals surface area (Å²) in [5.74, 6) is 0. The van der Waals surface area contributed by atoms with E-state index in [0.29, 0.717) is 22.6 Å². The van der Waals surface area contributed by atoms with Crippen LogP contribution in [0.4, 0.5) is 5.69 Å². The average Bonchev–Trinajstić information content (AvgIpc) is 2.41. The van der Waals surface area contributed by atoms with E-state index in [9.17, 15) is 19.7 Å². The first-order valence-corrected chi connectivity index (χ1v) is 6.55. The molecule has 0 bridgehead atoms. The first-order valence-electron chi connectivity index (χ1n) is 6.17. The molecule has 0 atom stereocenters. The number of benzene rings is 1. The topological polar surface area (TPSA) is 98.0 Å². The molecule has 0 aliphatic rings. The fourth-order valence-electron chi connectivity index (χ4n) is 1.97. The van der Waals surface area contributed by atoms with Gasteiger partial charge in [-0.2, -0.15) is 0 Å². The lowest BCUT2D eigenvalue weighted by molar-refractivity contribution is -0.385. The van der Waals surface area contributed by atoms with Crippen molar-refractivity contribution in [2.24, 2.45) is 0 Å². The summed E-state index contributed by atoms with van der Waals surface area (Å²) in [6.45, 7) is 1.74. The Hall–Kier alpha value is -2.41. The molecule has 110 valence electrons. The maximum Gasteiger partial charge on any atom is 0.328 e. The number of aromatic amines is 1. The second-order valence-corrected chi connectivity index (χ2v) is 4.86. The van der Waals surface area contributed by atoms with E-state index < -0.39 is 16.2 Å². The fraction of sp³-hybridized carbons (Fsp3) is 0.231. The van der Waals surface area contributed by atoms with Crippen molar-refractivity contribution in [3.05, 3.63) is 71.5 Å². The number of hydrogen-bond donors (Lipinski definition) is 1. The van der Waals surface area contributed by atoms with Crippen LogP contribution >= 0.6 is 11.6 Å². The number of halogens is 1. The molecule has 0 radical (unpaired) electrons. The van der Waals surface area contributed by atoms with Gasteiger partial charge >= 0.3 is 5.69 Å². The lowest BCUT2D eigenvalue weighted by Gasteiger charge is -2.08. The highest BCUT2D eigenvalue weighted by molar-refractivity contribution is 6.30. The number of aromatic nitrogens is 2. The average molecular weight is 310 g/mol. The van der Waals surface area contributed by atoms with E-state index >= 15 is 0 Å². The summed E-state index contributed by atoms with van der Waals surface area (Å²) in [5.41, 5.74) is -0.468. The van der Waals surface area contributed by atoms with Crippen LogP contribution in [0.3, 0.4) is 0 Å². The Kier molecular flexibility index (Phi) is 4.23. The Labute approximate surface area is 124 Å². The Balaban J connectivity index is 2.52. The molecule has 0 fully saturated rings. The van der Waals surface area contributed by atoms with Crippen LogP contribution in [-0.2, 0) is 13.0 Å². The first kappa shape index (κ1) is 15.0. The van der Waals surface area contributed by atoms with Crippen molar-refractivity contribution >= 4 is 17.3 Å². The molecule has 2 rings (SSSR count). The normalized spacial score (nSPS) is 10.6. The van der Waals surface area contributed by atoms with Gasteiger partial charge in [-0.15, -0.1) is 0 Å². The molecule has 21 heavy (non-hydrogen) atoms. The van der Waals surface area contributed by atoms with E-state index in [-0.39, 0.29) is 12.2 Å².